The van der Waals surface area contributed by atoms with Crippen molar-refractivity contribution in [3.8, 4) is 0 Å². The quantitative estimate of drug-likeness (QED) is 0.892. The maximum Gasteiger partial charge on any atom is 0.416 e. The van der Waals surface area contributed by atoms with Crippen LogP contribution in [0.15, 0.2) is 24.3 Å². The molecule has 0 saturated carbocycles. The van der Waals surface area contributed by atoms with Crippen LogP contribution in [0.2, 0.25) is 0 Å². The second-order valence-corrected chi connectivity index (χ2v) is 3.70. The lowest BCUT2D eigenvalue weighted by Crippen LogP contribution is -2.37. The molecular formula is C11H14ClF3N2O. The standard InChI is InChI=1S/C11H13F3N2O.ClH/c1-7(15)10(17)16-6-8-2-4-9(5-3-8)11(12,13)14;/h2-5,7H,6,15H2,1H3,(H,16,17);1H. The summed E-state index contributed by atoms with van der Waals surface area (Å²) >= 11 is 0. The molecule has 102 valence electrons. The first-order valence-electron chi connectivity index (χ1n) is 5.00. The van der Waals surface area contributed by atoms with Gasteiger partial charge in [0, 0.05) is 6.54 Å². The minimum atomic E-state index is -4.34. The van der Waals surface area contributed by atoms with Crippen LogP contribution >= 0.6 is 12.4 Å². The van der Waals surface area contributed by atoms with E-state index >= 15 is 0 Å². The molecule has 0 radical (unpaired) electrons. The summed E-state index contributed by atoms with van der Waals surface area (Å²) in [5.41, 5.74) is 5.20. The lowest BCUT2D eigenvalue weighted by Gasteiger charge is -2.09. The molecule has 7 heteroatoms. The number of nitrogens with one attached hydrogen (secondary N) is 1. The SMILES string of the molecule is CC(N)C(=O)NCc1ccc(C(F)(F)F)cc1.Cl. The molecule has 0 aromatic heterocycles. The van der Waals surface area contributed by atoms with Crippen LogP contribution in [0.5, 0.6) is 0 Å². The number of hydrogen-bond acceptors (Lipinski definition) is 2. The number of alkyl halides is 3. The first-order chi connectivity index (χ1) is 7.80. The normalized spacial score (nSPS) is 12.5. The molecule has 1 aromatic rings. The van der Waals surface area contributed by atoms with E-state index in [1.54, 1.807) is 0 Å². The summed E-state index contributed by atoms with van der Waals surface area (Å²) in [6.45, 7) is 1.70. The van der Waals surface area contributed by atoms with Gasteiger partial charge in [-0.2, -0.15) is 13.2 Å². The number of halogens is 4. The van der Waals surface area contributed by atoms with Crippen LogP contribution in [0, 0.1) is 0 Å². The van der Waals surface area contributed by atoms with Crippen molar-refractivity contribution in [1.82, 2.24) is 5.32 Å². The zero-order valence-electron chi connectivity index (χ0n) is 9.62. The molecule has 0 saturated heterocycles. The molecule has 1 atom stereocenters. The van der Waals surface area contributed by atoms with Crippen LogP contribution in [0.25, 0.3) is 0 Å². The fraction of sp³-hybridized carbons (Fsp3) is 0.364. The van der Waals surface area contributed by atoms with Gasteiger partial charge in [0.05, 0.1) is 11.6 Å². The van der Waals surface area contributed by atoms with Gasteiger partial charge in [-0.25, -0.2) is 0 Å². The Kier molecular flexibility index (Phi) is 6.14. The number of amides is 1. The lowest BCUT2D eigenvalue weighted by molar-refractivity contribution is -0.137. The van der Waals surface area contributed by atoms with E-state index in [4.69, 9.17) is 5.73 Å². The smallest absolute Gasteiger partial charge is 0.351 e. The molecule has 3 N–H and O–H groups in total. The summed E-state index contributed by atoms with van der Waals surface area (Å²) in [6, 6.07) is 3.97. The monoisotopic (exact) mass is 282 g/mol. The molecule has 0 fully saturated rings. The van der Waals surface area contributed by atoms with Crippen LogP contribution < -0.4 is 11.1 Å². The Morgan fingerprint density at radius 2 is 1.83 bits per heavy atom. The van der Waals surface area contributed by atoms with Crippen molar-refractivity contribution in [2.75, 3.05) is 0 Å². The third kappa shape index (κ3) is 4.93. The first kappa shape index (κ1) is 16.7. The number of rotatable bonds is 3. The Hall–Kier alpha value is -1.27. The average Bonchev–Trinajstić information content (AvgIpc) is 2.25. The van der Waals surface area contributed by atoms with E-state index in [2.05, 4.69) is 5.32 Å². The van der Waals surface area contributed by atoms with Crippen LogP contribution in [-0.4, -0.2) is 11.9 Å². The molecule has 1 amide bonds. The summed E-state index contributed by atoms with van der Waals surface area (Å²) < 4.78 is 36.8. The molecule has 18 heavy (non-hydrogen) atoms. The van der Waals surface area contributed by atoms with Gasteiger partial charge in [-0.3, -0.25) is 4.79 Å². The molecule has 0 bridgehead atoms. The second-order valence-electron chi connectivity index (χ2n) is 3.70. The maximum atomic E-state index is 12.3. The molecule has 0 aliphatic rings. The number of carbonyl (C=O) groups is 1. The van der Waals surface area contributed by atoms with E-state index in [9.17, 15) is 18.0 Å². The lowest BCUT2D eigenvalue weighted by atomic mass is 10.1. The van der Waals surface area contributed by atoms with Crippen molar-refractivity contribution in [3.63, 3.8) is 0 Å². The van der Waals surface area contributed by atoms with Crippen molar-refractivity contribution in [3.05, 3.63) is 35.4 Å². The Labute approximate surface area is 109 Å². The van der Waals surface area contributed by atoms with Crippen LogP contribution in [0.4, 0.5) is 13.2 Å². The van der Waals surface area contributed by atoms with Gasteiger partial charge in [0.25, 0.3) is 0 Å². The highest BCUT2D eigenvalue weighted by Crippen LogP contribution is 2.28. The van der Waals surface area contributed by atoms with E-state index in [1.807, 2.05) is 0 Å². The molecule has 0 aliphatic heterocycles. The van der Waals surface area contributed by atoms with Gasteiger partial charge >= 0.3 is 6.18 Å². The molecular weight excluding hydrogens is 269 g/mol. The Morgan fingerprint density at radius 3 is 2.22 bits per heavy atom. The molecule has 1 aromatic carbocycles. The van der Waals surface area contributed by atoms with Gasteiger partial charge in [0.1, 0.15) is 0 Å². The van der Waals surface area contributed by atoms with Crippen LogP contribution in [0.3, 0.4) is 0 Å². The fourth-order valence-electron chi connectivity index (χ4n) is 1.16. The van der Waals surface area contributed by atoms with E-state index in [0.29, 0.717) is 5.56 Å². The average molecular weight is 283 g/mol. The highest BCUT2D eigenvalue weighted by molar-refractivity contribution is 5.85. The summed E-state index contributed by atoms with van der Waals surface area (Å²) in [6.07, 6.45) is -4.34. The predicted molar refractivity (Wildman–Crippen MR) is 64.2 cm³/mol. The Balaban J connectivity index is 0.00000289. The first-order valence-corrected chi connectivity index (χ1v) is 5.00. The minimum absolute atomic E-state index is 0. The third-order valence-electron chi connectivity index (χ3n) is 2.16. The summed E-state index contributed by atoms with van der Waals surface area (Å²) in [5.74, 6) is -0.343. The van der Waals surface area contributed by atoms with Crippen molar-refractivity contribution in [1.29, 1.82) is 0 Å². The van der Waals surface area contributed by atoms with E-state index in [-0.39, 0.29) is 24.9 Å². The topological polar surface area (TPSA) is 55.1 Å². The minimum Gasteiger partial charge on any atom is -0.351 e. The summed E-state index contributed by atoms with van der Waals surface area (Å²) in [4.78, 5) is 11.1. The third-order valence-corrected chi connectivity index (χ3v) is 2.16. The van der Waals surface area contributed by atoms with Gasteiger partial charge < -0.3 is 11.1 Å². The number of nitrogens with two attached hydrogens (primary N) is 1. The summed E-state index contributed by atoms with van der Waals surface area (Å²) in [5, 5.41) is 2.51. The molecule has 0 spiro atoms. The van der Waals surface area contributed by atoms with Crippen LogP contribution in [-0.2, 0) is 17.5 Å². The van der Waals surface area contributed by atoms with Gasteiger partial charge in [0.15, 0.2) is 0 Å². The largest absolute Gasteiger partial charge is 0.416 e. The van der Waals surface area contributed by atoms with Crippen molar-refractivity contribution in [2.45, 2.75) is 25.7 Å². The van der Waals surface area contributed by atoms with Gasteiger partial charge in [-0.1, -0.05) is 12.1 Å². The van der Waals surface area contributed by atoms with Crippen LogP contribution in [0.1, 0.15) is 18.1 Å². The number of carbonyl (C=O) groups excluding carboxylic acids is 1. The molecule has 3 nitrogen and oxygen atoms in total. The molecule has 0 aliphatic carbocycles. The number of benzene rings is 1. The van der Waals surface area contributed by atoms with Gasteiger partial charge in [-0.15, -0.1) is 12.4 Å². The van der Waals surface area contributed by atoms with E-state index in [0.717, 1.165) is 12.1 Å². The maximum absolute atomic E-state index is 12.3. The Bertz CT molecular complexity index is 390. The van der Waals surface area contributed by atoms with Gasteiger partial charge in [-0.05, 0) is 24.6 Å². The van der Waals surface area contributed by atoms with Crippen molar-refractivity contribution < 1.29 is 18.0 Å². The number of hydrogen-bond donors (Lipinski definition) is 2. The molecule has 0 heterocycles. The fourth-order valence-corrected chi connectivity index (χ4v) is 1.16. The molecule has 1 unspecified atom stereocenters. The zero-order valence-corrected chi connectivity index (χ0v) is 10.4. The second kappa shape index (κ2) is 6.61. The summed E-state index contributed by atoms with van der Waals surface area (Å²) in [7, 11) is 0. The molecule has 1 rings (SSSR count). The van der Waals surface area contributed by atoms with Crippen molar-refractivity contribution >= 4 is 18.3 Å². The zero-order chi connectivity index (χ0) is 13.1. The van der Waals surface area contributed by atoms with E-state index in [1.165, 1.54) is 19.1 Å². The Morgan fingerprint density at radius 1 is 1.33 bits per heavy atom. The van der Waals surface area contributed by atoms with Gasteiger partial charge in [0.2, 0.25) is 5.91 Å². The predicted octanol–water partition coefficient (Wildman–Crippen LogP) is 2.09. The highest BCUT2D eigenvalue weighted by atomic mass is 35.5. The van der Waals surface area contributed by atoms with Crippen molar-refractivity contribution in [2.24, 2.45) is 5.73 Å². The van der Waals surface area contributed by atoms with E-state index < -0.39 is 17.8 Å². The highest BCUT2D eigenvalue weighted by Gasteiger charge is 2.29.